The summed E-state index contributed by atoms with van der Waals surface area (Å²) in [6, 6.07) is 11.8. The molecule has 1 amide bonds. The van der Waals surface area contributed by atoms with Crippen LogP contribution in [0.5, 0.6) is 11.5 Å². The number of carbonyl (C=O) groups excluding carboxylic acids is 1. The van der Waals surface area contributed by atoms with E-state index >= 15 is 0 Å². The molecule has 0 bridgehead atoms. The number of rotatable bonds is 4. The number of benzene rings is 2. The molecule has 0 saturated heterocycles. The number of phenolic OH excluding ortho intramolecular Hbond substituents is 1. The van der Waals surface area contributed by atoms with Gasteiger partial charge >= 0.3 is 0 Å². The smallest absolute Gasteiger partial charge is 0.271 e. The van der Waals surface area contributed by atoms with E-state index < -0.39 is 0 Å². The van der Waals surface area contributed by atoms with Gasteiger partial charge < -0.3 is 9.84 Å². The number of amides is 1. The van der Waals surface area contributed by atoms with Crippen LogP contribution in [0.3, 0.4) is 0 Å². The number of hydrazone groups is 1. The molecule has 0 spiro atoms. The molecule has 0 saturated carbocycles. The quantitative estimate of drug-likeness (QED) is 0.462. The molecule has 2 aromatic carbocycles. The van der Waals surface area contributed by atoms with Gasteiger partial charge in [0.05, 0.1) is 16.4 Å². The van der Waals surface area contributed by atoms with E-state index in [0.717, 1.165) is 14.9 Å². The van der Waals surface area contributed by atoms with Crippen LogP contribution in [0.1, 0.15) is 22.8 Å². The number of nitrogens with one attached hydrogen (secondary N) is 1. The molecule has 2 rings (SSSR count). The molecule has 2 N–H and O–H groups in total. The van der Waals surface area contributed by atoms with Gasteiger partial charge in [-0.2, -0.15) is 5.10 Å². The summed E-state index contributed by atoms with van der Waals surface area (Å²) in [6.45, 7) is 1.78. The van der Waals surface area contributed by atoms with Crippen LogP contribution in [0, 0.1) is 3.57 Å². The van der Waals surface area contributed by atoms with Crippen molar-refractivity contribution in [2.24, 2.45) is 5.10 Å². The van der Waals surface area contributed by atoms with Crippen LogP contribution in [0.4, 0.5) is 0 Å². The zero-order valence-corrected chi connectivity index (χ0v) is 14.3. The number of ether oxygens (including phenoxy) is 1. The minimum Gasteiger partial charge on any atom is -0.508 e. The van der Waals surface area contributed by atoms with E-state index in [9.17, 15) is 9.90 Å². The van der Waals surface area contributed by atoms with Crippen molar-refractivity contribution in [3.63, 3.8) is 0 Å². The Bertz CT molecular complexity index is 712. The Morgan fingerprint density at radius 2 is 1.82 bits per heavy atom. The lowest BCUT2D eigenvalue weighted by molar-refractivity contribution is 0.0954. The Morgan fingerprint density at radius 3 is 2.41 bits per heavy atom. The number of methoxy groups -OCH3 is 1. The molecule has 6 heteroatoms. The lowest BCUT2D eigenvalue weighted by Crippen LogP contribution is -2.19. The number of hydrogen-bond donors (Lipinski definition) is 2. The maximum atomic E-state index is 12.1. The summed E-state index contributed by atoms with van der Waals surface area (Å²) >= 11 is 2.11. The van der Waals surface area contributed by atoms with Gasteiger partial charge in [-0.3, -0.25) is 4.79 Å². The molecule has 2 aromatic rings. The first-order valence-corrected chi connectivity index (χ1v) is 7.56. The number of hydrogen-bond acceptors (Lipinski definition) is 4. The SMILES string of the molecule is COc1ccc(C(=O)N/N=C(/C)c2ccc(O)cc2)cc1I. The number of phenols is 1. The van der Waals surface area contributed by atoms with Crippen LogP contribution >= 0.6 is 22.6 Å². The van der Waals surface area contributed by atoms with E-state index in [0.29, 0.717) is 11.3 Å². The monoisotopic (exact) mass is 410 g/mol. The summed E-state index contributed by atoms with van der Waals surface area (Å²) < 4.78 is 6.01. The largest absolute Gasteiger partial charge is 0.508 e. The second-order valence-electron chi connectivity index (χ2n) is 4.53. The van der Waals surface area contributed by atoms with Crippen LogP contribution in [-0.2, 0) is 0 Å². The average Bonchev–Trinajstić information content (AvgIpc) is 2.52. The second-order valence-corrected chi connectivity index (χ2v) is 5.70. The first-order chi connectivity index (χ1) is 10.5. The zero-order chi connectivity index (χ0) is 16.1. The van der Waals surface area contributed by atoms with Crippen molar-refractivity contribution in [1.82, 2.24) is 5.43 Å². The Hall–Kier alpha value is -2.09. The summed E-state index contributed by atoms with van der Waals surface area (Å²) in [6.07, 6.45) is 0. The van der Waals surface area contributed by atoms with E-state index in [1.54, 1.807) is 56.5 Å². The van der Waals surface area contributed by atoms with Crippen molar-refractivity contribution in [1.29, 1.82) is 0 Å². The minimum atomic E-state index is -0.293. The molecular formula is C16H15IN2O3. The van der Waals surface area contributed by atoms with Crippen molar-refractivity contribution in [2.75, 3.05) is 7.11 Å². The van der Waals surface area contributed by atoms with Gasteiger partial charge in [-0.25, -0.2) is 5.43 Å². The lowest BCUT2D eigenvalue weighted by Gasteiger charge is -2.06. The fourth-order valence-electron chi connectivity index (χ4n) is 1.77. The molecule has 0 radical (unpaired) electrons. The summed E-state index contributed by atoms with van der Waals surface area (Å²) in [5.41, 5.74) is 4.50. The maximum Gasteiger partial charge on any atom is 0.271 e. The fourth-order valence-corrected chi connectivity index (χ4v) is 2.51. The molecule has 0 aliphatic heterocycles. The first kappa shape index (κ1) is 16.3. The highest BCUT2D eigenvalue weighted by atomic mass is 127. The highest BCUT2D eigenvalue weighted by Gasteiger charge is 2.08. The third-order valence-corrected chi connectivity index (χ3v) is 3.87. The molecule has 5 nitrogen and oxygen atoms in total. The summed E-state index contributed by atoms with van der Waals surface area (Å²) in [5, 5.41) is 13.3. The molecule has 0 atom stereocenters. The third kappa shape index (κ3) is 3.97. The highest BCUT2D eigenvalue weighted by molar-refractivity contribution is 14.1. The average molecular weight is 410 g/mol. The van der Waals surface area contributed by atoms with Crippen molar-refractivity contribution >= 4 is 34.2 Å². The van der Waals surface area contributed by atoms with Gasteiger partial charge in [0.1, 0.15) is 11.5 Å². The van der Waals surface area contributed by atoms with Gasteiger partial charge in [0.15, 0.2) is 0 Å². The van der Waals surface area contributed by atoms with Crippen molar-refractivity contribution in [2.45, 2.75) is 6.92 Å². The summed E-state index contributed by atoms with van der Waals surface area (Å²) in [4.78, 5) is 12.1. The molecule has 0 unspecified atom stereocenters. The van der Waals surface area contributed by atoms with Crippen LogP contribution in [0.15, 0.2) is 47.6 Å². The third-order valence-electron chi connectivity index (χ3n) is 3.02. The van der Waals surface area contributed by atoms with Gasteiger partial charge in [-0.15, -0.1) is 0 Å². The standard InChI is InChI=1S/C16H15IN2O3/c1-10(11-3-6-13(20)7-4-11)18-19-16(21)12-5-8-15(22-2)14(17)9-12/h3-9,20H,1-2H3,(H,19,21)/b18-10-. The van der Waals surface area contributed by atoms with Crippen LogP contribution < -0.4 is 10.2 Å². The van der Waals surface area contributed by atoms with Crippen molar-refractivity contribution in [3.05, 3.63) is 57.2 Å². The van der Waals surface area contributed by atoms with E-state index in [4.69, 9.17) is 4.74 Å². The summed E-state index contributed by atoms with van der Waals surface area (Å²) in [5.74, 6) is 0.619. The van der Waals surface area contributed by atoms with E-state index in [1.165, 1.54) is 0 Å². The van der Waals surface area contributed by atoms with Crippen LogP contribution in [0.2, 0.25) is 0 Å². The molecular weight excluding hydrogens is 395 g/mol. The predicted octanol–water partition coefficient (Wildman–Crippen LogP) is 3.16. The number of nitrogens with zero attached hydrogens (tertiary/aromatic N) is 1. The number of aromatic hydroxyl groups is 1. The fraction of sp³-hybridized carbons (Fsp3) is 0.125. The molecule has 0 fully saturated rings. The molecule has 0 aromatic heterocycles. The van der Waals surface area contributed by atoms with Crippen molar-refractivity contribution in [3.8, 4) is 11.5 Å². The van der Waals surface area contributed by atoms with Crippen molar-refractivity contribution < 1.29 is 14.6 Å². The Kier molecular flexibility index (Phi) is 5.37. The van der Waals surface area contributed by atoms with Crippen LogP contribution in [-0.4, -0.2) is 23.8 Å². The van der Waals surface area contributed by atoms with Crippen LogP contribution in [0.25, 0.3) is 0 Å². The van der Waals surface area contributed by atoms with Gasteiger partial charge in [0.2, 0.25) is 0 Å². The Morgan fingerprint density at radius 1 is 1.18 bits per heavy atom. The van der Waals surface area contributed by atoms with Gasteiger partial charge in [-0.05, 0) is 77.5 Å². The summed E-state index contributed by atoms with van der Waals surface area (Å²) in [7, 11) is 1.59. The second kappa shape index (κ2) is 7.26. The molecule has 22 heavy (non-hydrogen) atoms. The zero-order valence-electron chi connectivity index (χ0n) is 12.1. The molecule has 114 valence electrons. The van der Waals surface area contributed by atoms with Gasteiger partial charge in [-0.1, -0.05) is 0 Å². The normalized spacial score (nSPS) is 11.1. The number of carbonyl (C=O) groups is 1. The van der Waals surface area contributed by atoms with E-state index in [1.807, 2.05) is 0 Å². The molecule has 0 heterocycles. The van der Waals surface area contributed by atoms with Gasteiger partial charge in [0, 0.05) is 5.56 Å². The minimum absolute atomic E-state index is 0.188. The van der Waals surface area contributed by atoms with E-state index in [-0.39, 0.29) is 11.7 Å². The highest BCUT2D eigenvalue weighted by Crippen LogP contribution is 2.21. The molecule has 0 aliphatic carbocycles. The Balaban J connectivity index is 2.10. The lowest BCUT2D eigenvalue weighted by atomic mass is 10.1. The van der Waals surface area contributed by atoms with E-state index in [2.05, 4.69) is 33.1 Å². The Labute approximate surface area is 142 Å². The number of halogens is 1. The predicted molar refractivity (Wildman–Crippen MR) is 93.5 cm³/mol. The van der Waals surface area contributed by atoms with Gasteiger partial charge in [0.25, 0.3) is 5.91 Å². The molecule has 0 aliphatic rings. The maximum absolute atomic E-state index is 12.1. The first-order valence-electron chi connectivity index (χ1n) is 6.49. The topological polar surface area (TPSA) is 70.9 Å².